The summed E-state index contributed by atoms with van der Waals surface area (Å²) in [5.74, 6) is 0.507. The van der Waals surface area contributed by atoms with Crippen molar-refractivity contribution in [1.29, 1.82) is 0 Å². The monoisotopic (exact) mass is 262 g/mol. The van der Waals surface area contributed by atoms with E-state index in [9.17, 15) is 4.39 Å². The average Bonchev–Trinajstić information content (AvgIpc) is 3.24. The van der Waals surface area contributed by atoms with Crippen LogP contribution in [-0.2, 0) is 0 Å². The topological polar surface area (TPSA) is 15.3 Å². The maximum absolute atomic E-state index is 13.1. The van der Waals surface area contributed by atoms with Gasteiger partial charge in [-0.1, -0.05) is 12.1 Å². The Labute approximate surface area is 115 Å². The van der Waals surface area contributed by atoms with Crippen molar-refractivity contribution in [3.63, 3.8) is 0 Å². The summed E-state index contributed by atoms with van der Waals surface area (Å²) < 4.78 is 13.1. The summed E-state index contributed by atoms with van der Waals surface area (Å²) >= 11 is 0. The van der Waals surface area contributed by atoms with Crippen LogP contribution in [0.2, 0.25) is 0 Å². The summed E-state index contributed by atoms with van der Waals surface area (Å²) in [5.41, 5.74) is 1.29. The predicted octanol–water partition coefficient (Wildman–Crippen LogP) is 2.96. The second-order valence-electron chi connectivity index (χ2n) is 5.93. The van der Waals surface area contributed by atoms with Crippen LogP contribution < -0.4 is 5.32 Å². The van der Waals surface area contributed by atoms with Gasteiger partial charge in [0.2, 0.25) is 0 Å². The van der Waals surface area contributed by atoms with Gasteiger partial charge in [0.15, 0.2) is 0 Å². The minimum Gasteiger partial charge on any atom is -0.319 e. The fourth-order valence-electron chi connectivity index (χ4n) is 3.52. The average molecular weight is 262 g/mol. The molecule has 1 aromatic rings. The smallest absolute Gasteiger partial charge is 0.123 e. The zero-order valence-corrected chi connectivity index (χ0v) is 11.6. The number of halogens is 1. The molecular weight excluding hydrogens is 239 g/mol. The molecule has 2 unspecified atom stereocenters. The molecule has 19 heavy (non-hydrogen) atoms. The molecule has 1 N–H and O–H groups in total. The number of piperidine rings is 1. The Kier molecular flexibility index (Phi) is 3.85. The van der Waals surface area contributed by atoms with E-state index >= 15 is 0 Å². The number of nitrogens with zero attached hydrogens (tertiary/aromatic N) is 1. The van der Waals surface area contributed by atoms with Gasteiger partial charge in [0.25, 0.3) is 0 Å². The third kappa shape index (κ3) is 2.82. The number of hydrogen-bond acceptors (Lipinski definition) is 2. The van der Waals surface area contributed by atoms with Crippen molar-refractivity contribution in [1.82, 2.24) is 10.2 Å². The lowest BCUT2D eigenvalue weighted by Crippen LogP contribution is -2.43. The lowest BCUT2D eigenvalue weighted by atomic mass is 9.84. The second-order valence-corrected chi connectivity index (χ2v) is 5.93. The minimum absolute atomic E-state index is 0.136. The van der Waals surface area contributed by atoms with E-state index in [0.29, 0.717) is 12.0 Å². The van der Waals surface area contributed by atoms with E-state index in [2.05, 4.69) is 10.2 Å². The van der Waals surface area contributed by atoms with E-state index < -0.39 is 0 Å². The van der Waals surface area contributed by atoms with Crippen LogP contribution >= 0.6 is 0 Å². The highest BCUT2D eigenvalue weighted by Crippen LogP contribution is 2.42. The number of rotatable bonds is 4. The molecule has 1 aliphatic heterocycles. The molecule has 0 aromatic heterocycles. The van der Waals surface area contributed by atoms with Crippen LogP contribution in [0.1, 0.15) is 37.3 Å². The number of benzene rings is 1. The summed E-state index contributed by atoms with van der Waals surface area (Å²) in [5, 5.41) is 3.33. The van der Waals surface area contributed by atoms with Gasteiger partial charge in [-0.15, -0.1) is 0 Å². The Balaban J connectivity index is 1.87. The summed E-state index contributed by atoms with van der Waals surface area (Å²) in [4.78, 5) is 2.67. The highest BCUT2D eigenvalue weighted by Gasteiger charge is 2.40. The minimum atomic E-state index is -0.136. The van der Waals surface area contributed by atoms with Gasteiger partial charge in [-0.05, 0) is 69.4 Å². The Morgan fingerprint density at radius 3 is 2.58 bits per heavy atom. The van der Waals surface area contributed by atoms with E-state index in [1.54, 1.807) is 12.1 Å². The first-order valence-electron chi connectivity index (χ1n) is 7.45. The molecule has 1 aromatic carbocycles. The van der Waals surface area contributed by atoms with Crippen molar-refractivity contribution < 1.29 is 4.39 Å². The number of hydrogen-bond donors (Lipinski definition) is 1. The van der Waals surface area contributed by atoms with E-state index in [-0.39, 0.29) is 5.82 Å². The van der Waals surface area contributed by atoms with Crippen LogP contribution in [0.15, 0.2) is 24.3 Å². The predicted molar refractivity (Wildman–Crippen MR) is 75.5 cm³/mol. The van der Waals surface area contributed by atoms with Gasteiger partial charge < -0.3 is 5.32 Å². The molecule has 1 saturated carbocycles. The zero-order chi connectivity index (χ0) is 13.2. The molecule has 1 aliphatic carbocycles. The molecule has 2 nitrogen and oxygen atoms in total. The lowest BCUT2D eigenvalue weighted by Gasteiger charge is -2.42. The summed E-state index contributed by atoms with van der Waals surface area (Å²) in [7, 11) is 2.03. The summed E-state index contributed by atoms with van der Waals surface area (Å²) in [6.07, 6.45) is 5.24. The Morgan fingerprint density at radius 2 is 1.95 bits per heavy atom. The molecule has 3 rings (SSSR count). The highest BCUT2D eigenvalue weighted by atomic mass is 19.1. The van der Waals surface area contributed by atoms with Crippen LogP contribution in [0.4, 0.5) is 4.39 Å². The third-order valence-corrected chi connectivity index (χ3v) is 4.49. The zero-order valence-electron chi connectivity index (χ0n) is 11.6. The molecule has 0 amide bonds. The largest absolute Gasteiger partial charge is 0.319 e. The molecule has 2 atom stereocenters. The molecule has 1 heterocycles. The van der Waals surface area contributed by atoms with Crippen LogP contribution in [-0.4, -0.2) is 31.1 Å². The maximum atomic E-state index is 13.1. The van der Waals surface area contributed by atoms with Crippen molar-refractivity contribution in [3.05, 3.63) is 35.6 Å². The number of likely N-dealkylation sites (tertiary alicyclic amines) is 1. The Hall–Kier alpha value is -0.930. The summed E-state index contributed by atoms with van der Waals surface area (Å²) in [6.45, 7) is 2.25. The SMILES string of the molecule is CNCC1CCCN(C2CC2)C1c1ccc(F)cc1. The molecule has 0 bridgehead atoms. The highest BCUT2D eigenvalue weighted by molar-refractivity contribution is 5.22. The van der Waals surface area contributed by atoms with Crippen molar-refractivity contribution in [2.75, 3.05) is 20.1 Å². The standard InChI is InChI=1S/C16H23FN2/c1-18-11-13-3-2-10-19(15-8-9-15)16(13)12-4-6-14(17)7-5-12/h4-7,13,15-16,18H,2-3,8-11H2,1H3. The molecule has 104 valence electrons. The van der Waals surface area contributed by atoms with Crippen molar-refractivity contribution in [2.45, 2.75) is 37.8 Å². The quantitative estimate of drug-likeness (QED) is 0.897. The molecule has 3 heteroatoms. The van der Waals surface area contributed by atoms with E-state index in [1.807, 2.05) is 19.2 Å². The van der Waals surface area contributed by atoms with Gasteiger partial charge in [-0.3, -0.25) is 4.90 Å². The normalized spacial score (nSPS) is 28.5. The first-order valence-corrected chi connectivity index (χ1v) is 7.45. The fourth-order valence-corrected chi connectivity index (χ4v) is 3.52. The van der Waals surface area contributed by atoms with E-state index in [0.717, 1.165) is 12.6 Å². The van der Waals surface area contributed by atoms with E-state index in [4.69, 9.17) is 0 Å². The molecule has 2 fully saturated rings. The van der Waals surface area contributed by atoms with Crippen LogP contribution in [0, 0.1) is 11.7 Å². The Morgan fingerprint density at radius 1 is 1.21 bits per heavy atom. The second kappa shape index (κ2) is 5.59. The van der Waals surface area contributed by atoms with Crippen LogP contribution in [0.25, 0.3) is 0 Å². The van der Waals surface area contributed by atoms with Crippen molar-refractivity contribution >= 4 is 0 Å². The Bertz CT molecular complexity index is 411. The maximum Gasteiger partial charge on any atom is 0.123 e. The van der Waals surface area contributed by atoms with Gasteiger partial charge in [0.1, 0.15) is 5.82 Å². The van der Waals surface area contributed by atoms with Gasteiger partial charge in [-0.2, -0.15) is 0 Å². The van der Waals surface area contributed by atoms with Crippen molar-refractivity contribution in [3.8, 4) is 0 Å². The first kappa shape index (κ1) is 13.1. The van der Waals surface area contributed by atoms with Crippen LogP contribution in [0.3, 0.4) is 0 Å². The van der Waals surface area contributed by atoms with Gasteiger partial charge in [0.05, 0.1) is 0 Å². The summed E-state index contributed by atoms with van der Waals surface area (Å²) in [6, 6.07) is 8.40. The van der Waals surface area contributed by atoms with Crippen LogP contribution in [0.5, 0.6) is 0 Å². The number of nitrogens with one attached hydrogen (secondary N) is 1. The molecule has 2 aliphatic rings. The fraction of sp³-hybridized carbons (Fsp3) is 0.625. The van der Waals surface area contributed by atoms with Gasteiger partial charge >= 0.3 is 0 Å². The van der Waals surface area contributed by atoms with Crippen molar-refractivity contribution in [2.24, 2.45) is 5.92 Å². The van der Waals surface area contributed by atoms with E-state index in [1.165, 1.54) is 37.8 Å². The third-order valence-electron chi connectivity index (χ3n) is 4.49. The first-order chi connectivity index (χ1) is 9.29. The molecule has 0 radical (unpaired) electrons. The van der Waals surface area contributed by atoms with Gasteiger partial charge in [0, 0.05) is 12.1 Å². The molecule has 1 saturated heterocycles. The molecular formula is C16H23FN2. The molecule has 0 spiro atoms. The van der Waals surface area contributed by atoms with Gasteiger partial charge in [-0.25, -0.2) is 4.39 Å². The lowest BCUT2D eigenvalue weighted by molar-refractivity contribution is 0.0845.